The number of hydrogen-bond acceptors (Lipinski definition) is 5. The molecule has 5 nitrogen and oxygen atoms in total. The van der Waals surface area contributed by atoms with Crippen LogP contribution in [0.2, 0.25) is 0 Å². The Morgan fingerprint density at radius 1 is 0.800 bits per heavy atom. The fourth-order valence-electron chi connectivity index (χ4n) is 2.05. The average Bonchev–Trinajstić information content (AvgIpc) is 2.64. The van der Waals surface area contributed by atoms with Crippen molar-refractivity contribution < 1.29 is 19.1 Å². The molecule has 0 N–H and O–H groups in total. The Labute approximate surface area is 147 Å². The van der Waals surface area contributed by atoms with Crippen molar-refractivity contribution >= 4 is 11.9 Å². The molecule has 2 rings (SSSR count). The highest BCUT2D eigenvalue weighted by atomic mass is 16.6. The number of ether oxygens (including phenoxy) is 2. The van der Waals surface area contributed by atoms with Crippen LogP contribution in [0.1, 0.15) is 11.1 Å². The van der Waals surface area contributed by atoms with Gasteiger partial charge in [0.1, 0.15) is 13.2 Å². The van der Waals surface area contributed by atoms with Gasteiger partial charge in [0.05, 0.1) is 0 Å². The van der Waals surface area contributed by atoms with E-state index < -0.39 is 11.9 Å². The van der Waals surface area contributed by atoms with E-state index in [1.807, 2.05) is 60.7 Å². The second-order valence-electron chi connectivity index (χ2n) is 5.63. The van der Waals surface area contributed by atoms with E-state index in [1.54, 1.807) is 19.0 Å². The summed E-state index contributed by atoms with van der Waals surface area (Å²) in [5, 5.41) is 0. The minimum absolute atomic E-state index is 0.0937. The largest absolute Gasteiger partial charge is 0.457 e. The lowest BCUT2D eigenvalue weighted by molar-refractivity contribution is -0.148. The maximum atomic E-state index is 12.3. The van der Waals surface area contributed by atoms with Crippen LogP contribution in [0, 0.1) is 0 Å². The first-order chi connectivity index (χ1) is 12.1. The molecule has 0 saturated heterocycles. The molecule has 5 heteroatoms. The summed E-state index contributed by atoms with van der Waals surface area (Å²) >= 11 is 0. The van der Waals surface area contributed by atoms with Crippen LogP contribution in [-0.4, -0.2) is 30.9 Å². The Balaban J connectivity index is 1.99. The van der Waals surface area contributed by atoms with E-state index in [2.05, 4.69) is 0 Å². The summed E-state index contributed by atoms with van der Waals surface area (Å²) in [6.07, 6.45) is 1.40. The Bertz CT molecular complexity index is 666. The van der Waals surface area contributed by atoms with E-state index in [-0.39, 0.29) is 18.8 Å². The zero-order valence-electron chi connectivity index (χ0n) is 14.3. The maximum Gasteiger partial charge on any atom is 0.347 e. The number of benzene rings is 2. The summed E-state index contributed by atoms with van der Waals surface area (Å²) in [5.41, 5.74) is 1.55. The van der Waals surface area contributed by atoms with Gasteiger partial charge in [-0.25, -0.2) is 9.59 Å². The summed E-state index contributed by atoms with van der Waals surface area (Å²) in [7, 11) is 3.43. The lowest BCUT2D eigenvalue weighted by atomic mass is 10.2. The molecule has 0 bridgehead atoms. The number of carbonyl (C=O) groups is 2. The molecule has 0 saturated carbocycles. The first-order valence-corrected chi connectivity index (χ1v) is 7.86. The van der Waals surface area contributed by atoms with Gasteiger partial charge in [0.25, 0.3) is 0 Å². The summed E-state index contributed by atoms with van der Waals surface area (Å²) < 4.78 is 10.5. The highest BCUT2D eigenvalue weighted by molar-refractivity contribution is 6.13. The number of esters is 2. The summed E-state index contributed by atoms with van der Waals surface area (Å²) in [6.45, 7) is 0.187. The Kier molecular flexibility index (Phi) is 6.77. The van der Waals surface area contributed by atoms with Crippen LogP contribution in [0.3, 0.4) is 0 Å². The Morgan fingerprint density at radius 3 is 1.56 bits per heavy atom. The molecule has 0 radical (unpaired) electrons. The van der Waals surface area contributed by atoms with Crippen molar-refractivity contribution in [2.45, 2.75) is 13.2 Å². The average molecular weight is 339 g/mol. The predicted octanol–water partition coefficient (Wildman–Crippen LogP) is 2.92. The fraction of sp³-hybridized carbons (Fsp3) is 0.200. The Hall–Kier alpha value is -3.08. The van der Waals surface area contributed by atoms with Gasteiger partial charge in [-0.3, -0.25) is 0 Å². The first kappa shape index (κ1) is 18.3. The quantitative estimate of drug-likeness (QED) is 0.336. The molecule has 130 valence electrons. The number of rotatable bonds is 7. The maximum absolute atomic E-state index is 12.3. The molecule has 0 amide bonds. The van der Waals surface area contributed by atoms with E-state index in [1.165, 1.54) is 6.20 Å². The Morgan fingerprint density at radius 2 is 1.20 bits per heavy atom. The van der Waals surface area contributed by atoms with Crippen LogP contribution in [0.4, 0.5) is 0 Å². The smallest absolute Gasteiger partial charge is 0.347 e. The topological polar surface area (TPSA) is 55.8 Å². The van der Waals surface area contributed by atoms with Crippen molar-refractivity contribution in [1.82, 2.24) is 4.90 Å². The fourth-order valence-corrected chi connectivity index (χ4v) is 2.05. The van der Waals surface area contributed by atoms with E-state index in [0.29, 0.717) is 0 Å². The normalized spacial score (nSPS) is 9.84. The number of hydrogen-bond donors (Lipinski definition) is 0. The lowest BCUT2D eigenvalue weighted by Crippen LogP contribution is -2.21. The zero-order chi connectivity index (χ0) is 18.1. The predicted molar refractivity (Wildman–Crippen MR) is 94.2 cm³/mol. The molecular weight excluding hydrogens is 318 g/mol. The van der Waals surface area contributed by atoms with Crippen LogP contribution in [0.25, 0.3) is 0 Å². The van der Waals surface area contributed by atoms with Gasteiger partial charge in [0.2, 0.25) is 0 Å². The molecule has 0 unspecified atom stereocenters. The molecule has 0 aliphatic heterocycles. The van der Waals surface area contributed by atoms with E-state index in [9.17, 15) is 9.59 Å². The highest BCUT2D eigenvalue weighted by Crippen LogP contribution is 2.09. The van der Waals surface area contributed by atoms with E-state index in [4.69, 9.17) is 9.47 Å². The van der Waals surface area contributed by atoms with Crippen molar-refractivity contribution in [3.05, 3.63) is 83.6 Å². The zero-order valence-corrected chi connectivity index (χ0v) is 14.3. The lowest BCUT2D eigenvalue weighted by Gasteiger charge is -2.12. The van der Waals surface area contributed by atoms with Crippen molar-refractivity contribution in [2.24, 2.45) is 0 Å². The molecule has 0 aliphatic carbocycles. The minimum atomic E-state index is -0.712. The van der Waals surface area contributed by atoms with E-state index >= 15 is 0 Å². The summed E-state index contributed by atoms with van der Waals surface area (Å²) in [5.74, 6) is -1.42. The first-order valence-electron chi connectivity index (χ1n) is 7.86. The minimum Gasteiger partial charge on any atom is -0.457 e. The highest BCUT2D eigenvalue weighted by Gasteiger charge is 2.22. The summed E-state index contributed by atoms with van der Waals surface area (Å²) in [6, 6.07) is 18.6. The molecule has 25 heavy (non-hydrogen) atoms. The molecule has 0 heterocycles. The van der Waals surface area contributed by atoms with Gasteiger partial charge >= 0.3 is 11.9 Å². The van der Waals surface area contributed by atoms with Crippen LogP contribution >= 0.6 is 0 Å². The van der Waals surface area contributed by atoms with Gasteiger partial charge in [-0.1, -0.05) is 60.7 Å². The molecule has 0 aliphatic rings. The van der Waals surface area contributed by atoms with Crippen molar-refractivity contribution in [3.8, 4) is 0 Å². The SMILES string of the molecule is CN(C)C=C(C(=O)OCc1ccccc1)C(=O)OCc1ccccc1. The van der Waals surface area contributed by atoms with Gasteiger partial charge in [-0.2, -0.15) is 0 Å². The third kappa shape index (κ3) is 6.14. The molecule has 2 aromatic rings. The molecular formula is C20H21NO4. The van der Waals surface area contributed by atoms with Crippen LogP contribution in [-0.2, 0) is 32.3 Å². The summed E-state index contributed by atoms with van der Waals surface area (Å²) in [4.78, 5) is 26.2. The molecule has 0 atom stereocenters. The van der Waals surface area contributed by atoms with Crippen molar-refractivity contribution in [3.63, 3.8) is 0 Å². The van der Waals surface area contributed by atoms with Gasteiger partial charge in [0, 0.05) is 20.3 Å². The van der Waals surface area contributed by atoms with Gasteiger partial charge in [-0.05, 0) is 11.1 Å². The monoisotopic (exact) mass is 339 g/mol. The number of nitrogens with zero attached hydrogens (tertiary/aromatic N) is 1. The third-order valence-electron chi connectivity index (χ3n) is 3.25. The van der Waals surface area contributed by atoms with Crippen molar-refractivity contribution in [2.75, 3.05) is 14.1 Å². The molecule has 0 spiro atoms. The molecule has 0 fully saturated rings. The third-order valence-corrected chi connectivity index (χ3v) is 3.25. The van der Waals surface area contributed by atoms with Crippen LogP contribution in [0.15, 0.2) is 72.4 Å². The second kappa shape index (κ2) is 9.27. The molecule has 0 aromatic heterocycles. The van der Waals surface area contributed by atoms with Crippen LogP contribution < -0.4 is 0 Å². The van der Waals surface area contributed by atoms with Crippen molar-refractivity contribution in [1.29, 1.82) is 0 Å². The van der Waals surface area contributed by atoms with Gasteiger partial charge < -0.3 is 14.4 Å². The van der Waals surface area contributed by atoms with Gasteiger partial charge in [-0.15, -0.1) is 0 Å². The van der Waals surface area contributed by atoms with Crippen LogP contribution in [0.5, 0.6) is 0 Å². The second-order valence-corrected chi connectivity index (χ2v) is 5.63. The molecule has 2 aromatic carbocycles. The standard InChI is InChI=1S/C20H21NO4/c1-21(2)13-18(19(22)24-14-16-9-5-3-6-10-16)20(23)25-15-17-11-7-4-8-12-17/h3-13H,14-15H2,1-2H3. The number of carbonyl (C=O) groups excluding carboxylic acids is 2. The van der Waals surface area contributed by atoms with Gasteiger partial charge in [0.15, 0.2) is 5.57 Å². The van der Waals surface area contributed by atoms with E-state index in [0.717, 1.165) is 11.1 Å².